The standard InChI is InChI=1S/C21H20BrN7O4/c22-15-2-4-18(23-10-15)26-20-19(29(30)31)21(25-12-24-20)28-7-5-27(6-8-28)11-14-1-3-16-17(9-14)33-13-32-16/h1-4,9-10,12H,5-8,11,13H2,(H,23,24,25,26). The van der Waals surface area contributed by atoms with E-state index >= 15 is 0 Å². The van der Waals surface area contributed by atoms with Gasteiger partial charge in [-0.3, -0.25) is 15.0 Å². The lowest BCUT2D eigenvalue weighted by Crippen LogP contribution is -2.46. The van der Waals surface area contributed by atoms with E-state index in [9.17, 15) is 10.1 Å². The van der Waals surface area contributed by atoms with E-state index in [1.807, 2.05) is 23.1 Å². The molecule has 0 bridgehead atoms. The van der Waals surface area contributed by atoms with Gasteiger partial charge in [-0.15, -0.1) is 0 Å². The number of aromatic nitrogens is 3. The Kier molecular flexibility index (Phi) is 5.92. The number of hydrogen-bond donors (Lipinski definition) is 1. The molecule has 33 heavy (non-hydrogen) atoms. The summed E-state index contributed by atoms with van der Waals surface area (Å²) in [5.41, 5.74) is 0.973. The Bertz CT molecular complexity index is 1170. The van der Waals surface area contributed by atoms with Crippen LogP contribution in [-0.2, 0) is 6.54 Å². The van der Waals surface area contributed by atoms with Crippen LogP contribution in [0.2, 0.25) is 0 Å². The maximum atomic E-state index is 11.9. The number of benzene rings is 1. The Morgan fingerprint density at radius 1 is 1.06 bits per heavy atom. The molecular formula is C21H20BrN7O4. The van der Waals surface area contributed by atoms with Gasteiger partial charge < -0.3 is 19.7 Å². The molecule has 2 aromatic heterocycles. The Labute approximate surface area is 197 Å². The van der Waals surface area contributed by atoms with Crippen molar-refractivity contribution in [1.82, 2.24) is 19.9 Å². The first kappa shape index (κ1) is 21.3. The maximum Gasteiger partial charge on any atom is 0.353 e. The normalized spacial score (nSPS) is 15.5. The summed E-state index contributed by atoms with van der Waals surface area (Å²) in [6.45, 7) is 3.72. The van der Waals surface area contributed by atoms with Gasteiger partial charge in [0.15, 0.2) is 11.5 Å². The minimum atomic E-state index is -0.449. The topological polar surface area (TPSA) is 119 Å². The van der Waals surface area contributed by atoms with Crippen LogP contribution in [0.5, 0.6) is 11.5 Å². The van der Waals surface area contributed by atoms with Crippen molar-refractivity contribution < 1.29 is 14.4 Å². The van der Waals surface area contributed by atoms with E-state index in [0.29, 0.717) is 24.7 Å². The van der Waals surface area contributed by atoms with Crippen molar-refractivity contribution in [3.8, 4) is 11.5 Å². The largest absolute Gasteiger partial charge is 0.454 e. The lowest BCUT2D eigenvalue weighted by Gasteiger charge is -2.35. The monoisotopic (exact) mass is 513 g/mol. The summed E-state index contributed by atoms with van der Waals surface area (Å²) < 4.78 is 11.6. The molecule has 1 N–H and O–H groups in total. The quantitative estimate of drug-likeness (QED) is 0.388. The van der Waals surface area contributed by atoms with Crippen molar-refractivity contribution >= 4 is 39.1 Å². The molecule has 4 heterocycles. The third-order valence-electron chi connectivity index (χ3n) is 5.47. The van der Waals surface area contributed by atoms with E-state index in [-0.39, 0.29) is 18.3 Å². The average molecular weight is 514 g/mol. The molecular weight excluding hydrogens is 494 g/mol. The van der Waals surface area contributed by atoms with Crippen LogP contribution in [0.4, 0.5) is 23.1 Å². The zero-order valence-corrected chi connectivity index (χ0v) is 19.1. The van der Waals surface area contributed by atoms with Gasteiger partial charge in [0.05, 0.1) is 4.92 Å². The zero-order valence-electron chi connectivity index (χ0n) is 17.5. The van der Waals surface area contributed by atoms with Gasteiger partial charge in [-0.05, 0) is 45.8 Å². The first-order valence-electron chi connectivity index (χ1n) is 10.3. The second-order valence-electron chi connectivity index (χ2n) is 7.59. The van der Waals surface area contributed by atoms with E-state index in [1.54, 1.807) is 18.3 Å². The van der Waals surface area contributed by atoms with Gasteiger partial charge in [0, 0.05) is 43.4 Å². The molecule has 1 fully saturated rings. The van der Waals surface area contributed by atoms with E-state index < -0.39 is 4.92 Å². The molecule has 1 aromatic carbocycles. The number of nitrogens with one attached hydrogen (secondary N) is 1. The highest BCUT2D eigenvalue weighted by Crippen LogP contribution is 2.35. The van der Waals surface area contributed by atoms with Crippen molar-refractivity contribution in [3.63, 3.8) is 0 Å². The number of pyridine rings is 1. The number of hydrogen-bond acceptors (Lipinski definition) is 10. The molecule has 0 saturated carbocycles. The number of ether oxygens (including phenoxy) is 2. The highest BCUT2D eigenvalue weighted by Gasteiger charge is 2.29. The lowest BCUT2D eigenvalue weighted by atomic mass is 10.1. The number of rotatable bonds is 6. The Morgan fingerprint density at radius 2 is 1.88 bits per heavy atom. The molecule has 12 heteroatoms. The van der Waals surface area contributed by atoms with Gasteiger partial charge >= 0.3 is 5.69 Å². The molecule has 0 amide bonds. The minimum Gasteiger partial charge on any atom is -0.454 e. The molecule has 0 radical (unpaired) electrons. The molecule has 1 saturated heterocycles. The van der Waals surface area contributed by atoms with Crippen LogP contribution in [0.3, 0.4) is 0 Å². The molecule has 2 aliphatic rings. The third kappa shape index (κ3) is 4.66. The van der Waals surface area contributed by atoms with Crippen molar-refractivity contribution in [2.24, 2.45) is 0 Å². The lowest BCUT2D eigenvalue weighted by molar-refractivity contribution is -0.383. The number of anilines is 3. The fraction of sp³-hybridized carbons (Fsp3) is 0.286. The van der Waals surface area contributed by atoms with E-state index in [2.05, 4.69) is 41.1 Å². The van der Waals surface area contributed by atoms with Gasteiger partial charge in [0.25, 0.3) is 0 Å². The summed E-state index contributed by atoms with van der Waals surface area (Å²) in [6, 6.07) is 9.46. The van der Waals surface area contributed by atoms with Crippen molar-refractivity contribution in [3.05, 3.63) is 63.0 Å². The third-order valence-corrected chi connectivity index (χ3v) is 5.94. The summed E-state index contributed by atoms with van der Waals surface area (Å²) in [5.74, 6) is 2.41. The van der Waals surface area contributed by atoms with Gasteiger partial charge in [0.2, 0.25) is 18.4 Å². The number of fused-ring (bicyclic) bond motifs is 1. The van der Waals surface area contributed by atoms with Gasteiger partial charge in [-0.1, -0.05) is 6.07 Å². The summed E-state index contributed by atoms with van der Waals surface area (Å²) in [5, 5.41) is 14.9. The minimum absolute atomic E-state index is 0.114. The van der Waals surface area contributed by atoms with Crippen LogP contribution in [0.1, 0.15) is 5.56 Å². The molecule has 11 nitrogen and oxygen atoms in total. The van der Waals surface area contributed by atoms with Crippen LogP contribution >= 0.6 is 15.9 Å². The van der Waals surface area contributed by atoms with E-state index in [0.717, 1.165) is 41.2 Å². The fourth-order valence-electron chi connectivity index (χ4n) is 3.85. The summed E-state index contributed by atoms with van der Waals surface area (Å²) >= 11 is 3.32. The molecule has 0 atom stereocenters. The van der Waals surface area contributed by atoms with Crippen LogP contribution in [0, 0.1) is 10.1 Å². The van der Waals surface area contributed by atoms with Crippen LogP contribution in [0.25, 0.3) is 0 Å². The molecule has 3 aromatic rings. The van der Waals surface area contributed by atoms with Gasteiger partial charge in [-0.25, -0.2) is 15.0 Å². The Balaban J connectivity index is 1.28. The van der Waals surface area contributed by atoms with E-state index in [4.69, 9.17) is 9.47 Å². The number of nitrogens with zero attached hydrogens (tertiary/aromatic N) is 6. The van der Waals surface area contributed by atoms with Crippen LogP contribution in [0.15, 0.2) is 47.3 Å². The highest BCUT2D eigenvalue weighted by molar-refractivity contribution is 9.10. The predicted molar refractivity (Wildman–Crippen MR) is 124 cm³/mol. The second kappa shape index (κ2) is 9.16. The second-order valence-corrected chi connectivity index (χ2v) is 8.50. The number of piperazine rings is 1. The SMILES string of the molecule is O=[N+]([O-])c1c(Nc2ccc(Br)cn2)ncnc1N1CCN(Cc2ccc3c(c2)OCO3)CC1. The first-order valence-corrected chi connectivity index (χ1v) is 11.1. The van der Waals surface area contributed by atoms with Gasteiger partial charge in [0.1, 0.15) is 12.1 Å². The Hall–Kier alpha value is -3.51. The van der Waals surface area contributed by atoms with Gasteiger partial charge in [-0.2, -0.15) is 0 Å². The molecule has 2 aliphatic heterocycles. The average Bonchev–Trinajstić information content (AvgIpc) is 3.29. The molecule has 170 valence electrons. The fourth-order valence-corrected chi connectivity index (χ4v) is 4.08. The summed E-state index contributed by atoms with van der Waals surface area (Å²) in [7, 11) is 0. The van der Waals surface area contributed by atoms with Crippen LogP contribution < -0.4 is 19.7 Å². The van der Waals surface area contributed by atoms with E-state index in [1.165, 1.54) is 6.33 Å². The molecule has 0 spiro atoms. The zero-order chi connectivity index (χ0) is 22.8. The molecule has 0 aliphatic carbocycles. The maximum absolute atomic E-state index is 11.9. The van der Waals surface area contributed by atoms with Crippen LogP contribution in [-0.4, -0.2) is 57.7 Å². The van der Waals surface area contributed by atoms with Crippen molar-refractivity contribution in [2.45, 2.75) is 6.54 Å². The highest BCUT2D eigenvalue weighted by atomic mass is 79.9. The number of nitro groups is 1. The summed E-state index contributed by atoms with van der Waals surface area (Å²) in [6.07, 6.45) is 2.94. The number of halogens is 1. The summed E-state index contributed by atoms with van der Waals surface area (Å²) in [4.78, 5) is 28.3. The molecule has 5 rings (SSSR count). The van der Waals surface area contributed by atoms with Crippen molar-refractivity contribution in [1.29, 1.82) is 0 Å². The Morgan fingerprint density at radius 3 is 2.64 bits per heavy atom. The predicted octanol–water partition coefficient (Wildman–Crippen LogP) is 3.34. The first-order chi connectivity index (χ1) is 16.1. The smallest absolute Gasteiger partial charge is 0.353 e. The molecule has 0 unspecified atom stereocenters. The van der Waals surface area contributed by atoms with Crippen molar-refractivity contribution in [2.75, 3.05) is 43.2 Å².